The number of anilines is 1. The van der Waals surface area contributed by atoms with Crippen LogP contribution in [0, 0.1) is 0 Å². The maximum absolute atomic E-state index is 5.95. The Bertz CT molecular complexity index is 581. The van der Waals surface area contributed by atoms with Gasteiger partial charge in [-0.05, 0) is 53.0 Å². The molecule has 2 aromatic rings. The van der Waals surface area contributed by atoms with Crippen LogP contribution in [-0.4, -0.2) is 13.1 Å². The number of thiophene rings is 1. The predicted molar refractivity (Wildman–Crippen MR) is 95.6 cm³/mol. The third-order valence-electron chi connectivity index (χ3n) is 3.02. The van der Waals surface area contributed by atoms with Crippen molar-refractivity contribution < 1.29 is 0 Å². The third kappa shape index (κ3) is 4.32. The highest BCUT2D eigenvalue weighted by Crippen LogP contribution is 2.28. The summed E-state index contributed by atoms with van der Waals surface area (Å²) in [4.78, 5) is 3.62. The summed E-state index contributed by atoms with van der Waals surface area (Å²) in [6, 6.07) is 8.74. The van der Waals surface area contributed by atoms with Crippen LogP contribution in [0.3, 0.4) is 0 Å². The molecule has 0 saturated heterocycles. The smallest absolute Gasteiger partial charge is 0.0520 e. The highest BCUT2D eigenvalue weighted by molar-refractivity contribution is 9.10. The van der Waals surface area contributed by atoms with E-state index < -0.39 is 0 Å². The first-order valence-electron chi connectivity index (χ1n) is 6.43. The van der Waals surface area contributed by atoms with E-state index in [-0.39, 0.29) is 6.04 Å². The lowest BCUT2D eigenvalue weighted by atomic mass is 10.0. The van der Waals surface area contributed by atoms with E-state index in [1.165, 1.54) is 16.1 Å². The molecule has 2 rings (SSSR count). The monoisotopic (exact) mass is 416 g/mol. The number of nitrogens with zero attached hydrogens (tertiary/aromatic N) is 1. The molecule has 1 aromatic heterocycles. The van der Waals surface area contributed by atoms with Crippen LogP contribution in [-0.2, 0) is 13.0 Å². The second-order valence-corrected chi connectivity index (χ2v) is 7.87. The Kier molecular flexibility index (Phi) is 5.66. The standard InChI is InChI=1S/C15H18Br2N2S/c1-10(18)5-11-3-4-12(16)7-15(11)19(2)8-14-6-13(17)9-20-14/h3-4,6-7,9-10H,5,8,18H2,1-2H3. The summed E-state index contributed by atoms with van der Waals surface area (Å²) in [6.45, 7) is 2.95. The van der Waals surface area contributed by atoms with E-state index in [4.69, 9.17) is 5.73 Å². The van der Waals surface area contributed by atoms with Crippen molar-refractivity contribution in [3.05, 3.63) is 49.0 Å². The minimum absolute atomic E-state index is 0.166. The first kappa shape index (κ1) is 16.0. The van der Waals surface area contributed by atoms with Gasteiger partial charge in [-0.3, -0.25) is 0 Å². The van der Waals surface area contributed by atoms with Crippen LogP contribution in [0.15, 0.2) is 38.6 Å². The van der Waals surface area contributed by atoms with Gasteiger partial charge in [0.1, 0.15) is 0 Å². The van der Waals surface area contributed by atoms with E-state index in [9.17, 15) is 0 Å². The molecule has 5 heteroatoms. The zero-order valence-electron chi connectivity index (χ0n) is 11.6. The molecule has 0 bridgehead atoms. The highest BCUT2D eigenvalue weighted by Gasteiger charge is 2.11. The number of rotatable bonds is 5. The maximum Gasteiger partial charge on any atom is 0.0520 e. The van der Waals surface area contributed by atoms with Gasteiger partial charge in [0.25, 0.3) is 0 Å². The van der Waals surface area contributed by atoms with Gasteiger partial charge in [0.2, 0.25) is 0 Å². The zero-order chi connectivity index (χ0) is 14.7. The molecule has 0 amide bonds. The van der Waals surface area contributed by atoms with Gasteiger partial charge in [-0.25, -0.2) is 0 Å². The maximum atomic E-state index is 5.95. The summed E-state index contributed by atoms with van der Waals surface area (Å²) >= 11 is 8.83. The van der Waals surface area contributed by atoms with Crippen LogP contribution < -0.4 is 10.6 Å². The lowest BCUT2D eigenvalue weighted by molar-refractivity contribution is 0.734. The molecule has 1 atom stereocenters. The van der Waals surface area contributed by atoms with Gasteiger partial charge >= 0.3 is 0 Å². The fraction of sp³-hybridized carbons (Fsp3) is 0.333. The van der Waals surface area contributed by atoms with Crippen molar-refractivity contribution in [1.82, 2.24) is 0 Å². The number of nitrogens with two attached hydrogens (primary N) is 1. The van der Waals surface area contributed by atoms with E-state index in [1.54, 1.807) is 11.3 Å². The van der Waals surface area contributed by atoms with E-state index >= 15 is 0 Å². The molecule has 0 aliphatic rings. The van der Waals surface area contributed by atoms with Gasteiger partial charge in [0.05, 0.1) is 6.54 Å². The predicted octanol–water partition coefficient (Wildman–Crippen LogP) is 4.80. The Balaban J connectivity index is 2.23. The molecule has 20 heavy (non-hydrogen) atoms. The fourth-order valence-electron chi connectivity index (χ4n) is 2.17. The molecule has 0 aliphatic heterocycles. The van der Waals surface area contributed by atoms with Gasteiger partial charge in [-0.1, -0.05) is 22.0 Å². The highest BCUT2D eigenvalue weighted by atomic mass is 79.9. The molecule has 1 aromatic carbocycles. The van der Waals surface area contributed by atoms with Crippen molar-refractivity contribution in [1.29, 1.82) is 0 Å². The summed E-state index contributed by atoms with van der Waals surface area (Å²) < 4.78 is 2.25. The third-order valence-corrected chi connectivity index (χ3v) is 5.19. The van der Waals surface area contributed by atoms with Crippen molar-refractivity contribution in [2.75, 3.05) is 11.9 Å². The van der Waals surface area contributed by atoms with Gasteiger partial charge < -0.3 is 10.6 Å². The van der Waals surface area contributed by atoms with Crippen LogP contribution in [0.1, 0.15) is 17.4 Å². The quantitative estimate of drug-likeness (QED) is 0.756. The summed E-state index contributed by atoms with van der Waals surface area (Å²) in [5.74, 6) is 0. The van der Waals surface area contributed by atoms with Crippen LogP contribution in [0.4, 0.5) is 5.69 Å². The number of hydrogen-bond acceptors (Lipinski definition) is 3. The largest absolute Gasteiger partial charge is 0.369 e. The van der Waals surface area contributed by atoms with Crippen LogP contribution >= 0.6 is 43.2 Å². The number of halogens is 2. The zero-order valence-corrected chi connectivity index (χ0v) is 15.6. The molecule has 1 unspecified atom stereocenters. The van der Waals surface area contributed by atoms with Gasteiger partial charge in [0, 0.05) is 38.0 Å². The Morgan fingerprint density at radius 1 is 1.25 bits per heavy atom. The lowest BCUT2D eigenvalue weighted by Crippen LogP contribution is -2.22. The first-order valence-corrected chi connectivity index (χ1v) is 8.90. The lowest BCUT2D eigenvalue weighted by Gasteiger charge is -2.23. The molecule has 108 valence electrons. The van der Waals surface area contributed by atoms with Crippen LogP contribution in [0.5, 0.6) is 0 Å². The molecular formula is C15H18Br2N2S. The molecular weight excluding hydrogens is 400 g/mol. The minimum Gasteiger partial charge on any atom is -0.369 e. The average molecular weight is 418 g/mol. The Labute approximate surface area is 141 Å². The van der Waals surface area contributed by atoms with Crippen LogP contribution in [0.25, 0.3) is 0 Å². The normalized spacial score (nSPS) is 12.4. The van der Waals surface area contributed by atoms with E-state index in [0.29, 0.717) is 0 Å². The minimum atomic E-state index is 0.166. The molecule has 2 nitrogen and oxygen atoms in total. The Morgan fingerprint density at radius 2 is 2.00 bits per heavy atom. The fourth-order valence-corrected chi connectivity index (χ4v) is 4.02. The second kappa shape index (κ2) is 7.07. The van der Waals surface area contributed by atoms with Crippen molar-refractivity contribution in [2.45, 2.75) is 25.9 Å². The molecule has 0 fully saturated rings. The van der Waals surface area contributed by atoms with Crippen molar-refractivity contribution in [2.24, 2.45) is 5.73 Å². The van der Waals surface area contributed by atoms with Crippen molar-refractivity contribution in [3.63, 3.8) is 0 Å². The molecule has 2 N–H and O–H groups in total. The Hall–Kier alpha value is -0.360. The van der Waals surface area contributed by atoms with E-state index in [1.807, 2.05) is 6.92 Å². The van der Waals surface area contributed by atoms with Gasteiger partial charge in [0.15, 0.2) is 0 Å². The van der Waals surface area contributed by atoms with E-state index in [2.05, 4.69) is 73.5 Å². The second-order valence-electron chi connectivity index (χ2n) is 5.04. The molecule has 0 radical (unpaired) electrons. The first-order chi connectivity index (χ1) is 9.45. The van der Waals surface area contributed by atoms with E-state index in [0.717, 1.165) is 21.9 Å². The summed E-state index contributed by atoms with van der Waals surface area (Å²) in [6.07, 6.45) is 0.890. The topological polar surface area (TPSA) is 29.3 Å². The summed E-state index contributed by atoms with van der Waals surface area (Å²) in [5, 5.41) is 2.12. The summed E-state index contributed by atoms with van der Waals surface area (Å²) in [5.41, 5.74) is 8.48. The van der Waals surface area contributed by atoms with Crippen molar-refractivity contribution >= 4 is 48.9 Å². The molecule has 0 saturated carbocycles. The van der Waals surface area contributed by atoms with Crippen LogP contribution in [0.2, 0.25) is 0 Å². The number of benzene rings is 1. The number of hydrogen-bond donors (Lipinski definition) is 1. The average Bonchev–Trinajstić information content (AvgIpc) is 2.76. The molecule has 0 aliphatic carbocycles. The van der Waals surface area contributed by atoms with Gasteiger partial charge in [-0.2, -0.15) is 0 Å². The van der Waals surface area contributed by atoms with Crippen molar-refractivity contribution in [3.8, 4) is 0 Å². The molecule has 0 spiro atoms. The SMILES string of the molecule is CC(N)Cc1ccc(Br)cc1N(C)Cc1cc(Br)cs1. The molecule has 1 heterocycles. The summed E-state index contributed by atoms with van der Waals surface area (Å²) in [7, 11) is 2.13. The van der Waals surface area contributed by atoms with Gasteiger partial charge in [-0.15, -0.1) is 11.3 Å². The Morgan fingerprint density at radius 3 is 2.60 bits per heavy atom.